The molecule has 0 aliphatic heterocycles. The number of hydrogen-bond acceptors (Lipinski definition) is 4. The van der Waals surface area contributed by atoms with Crippen molar-refractivity contribution in [2.45, 2.75) is 13.0 Å². The van der Waals surface area contributed by atoms with Crippen LogP contribution >= 0.6 is 0 Å². The minimum absolute atomic E-state index is 0.135. The van der Waals surface area contributed by atoms with E-state index in [2.05, 4.69) is 27.1 Å². The Kier molecular flexibility index (Phi) is 4.88. The van der Waals surface area contributed by atoms with E-state index in [0.29, 0.717) is 18.2 Å². The molecule has 1 amide bonds. The Labute approximate surface area is 116 Å². The number of benzene rings is 1. The Balaban J connectivity index is 1.83. The monoisotopic (exact) mass is 272 g/mol. The molecule has 0 aliphatic rings. The van der Waals surface area contributed by atoms with Crippen LogP contribution in [0.4, 0.5) is 0 Å². The molecular formula is C14H16N4O2. The van der Waals surface area contributed by atoms with Crippen LogP contribution in [-0.4, -0.2) is 27.6 Å². The topological polar surface area (TPSA) is 79.9 Å². The van der Waals surface area contributed by atoms with Crippen LogP contribution in [-0.2, 0) is 17.8 Å². The lowest BCUT2D eigenvalue weighted by Crippen LogP contribution is -2.25. The minimum Gasteiger partial charge on any atom is -0.486 e. The van der Waals surface area contributed by atoms with Crippen LogP contribution in [0, 0.1) is 0 Å². The van der Waals surface area contributed by atoms with E-state index >= 15 is 0 Å². The van der Waals surface area contributed by atoms with Gasteiger partial charge >= 0.3 is 0 Å². The lowest BCUT2D eigenvalue weighted by atomic mass is 10.3. The summed E-state index contributed by atoms with van der Waals surface area (Å²) in [5.41, 5.74) is 0. The molecule has 0 atom stereocenters. The van der Waals surface area contributed by atoms with E-state index in [-0.39, 0.29) is 18.9 Å². The summed E-state index contributed by atoms with van der Waals surface area (Å²) in [5.74, 6) is 1.65. The van der Waals surface area contributed by atoms with Gasteiger partial charge in [-0.25, -0.2) is 4.98 Å². The van der Waals surface area contributed by atoms with E-state index in [1.807, 2.05) is 30.3 Å². The molecule has 104 valence electrons. The van der Waals surface area contributed by atoms with Crippen LogP contribution in [0.2, 0.25) is 0 Å². The molecule has 6 heteroatoms. The van der Waals surface area contributed by atoms with Gasteiger partial charge in [-0.2, -0.15) is 5.10 Å². The molecule has 0 saturated heterocycles. The highest BCUT2D eigenvalue weighted by molar-refractivity contribution is 5.77. The second-order valence-electron chi connectivity index (χ2n) is 4.07. The summed E-state index contributed by atoms with van der Waals surface area (Å²) in [6.07, 6.45) is 1.75. The predicted molar refractivity (Wildman–Crippen MR) is 74.1 cm³/mol. The molecule has 0 spiro atoms. The van der Waals surface area contributed by atoms with Gasteiger partial charge in [0.25, 0.3) is 0 Å². The highest BCUT2D eigenvalue weighted by Crippen LogP contribution is 2.09. The highest BCUT2D eigenvalue weighted by Gasteiger charge is 2.08. The van der Waals surface area contributed by atoms with E-state index in [4.69, 9.17) is 4.74 Å². The second-order valence-corrected chi connectivity index (χ2v) is 4.07. The van der Waals surface area contributed by atoms with Crippen LogP contribution in [0.3, 0.4) is 0 Å². The van der Waals surface area contributed by atoms with Crippen molar-refractivity contribution in [1.82, 2.24) is 20.5 Å². The number of amides is 1. The fourth-order valence-electron chi connectivity index (χ4n) is 1.54. The standard InChI is InChI=1S/C14H16N4O2/c1-2-8-15-14(19)9-12-16-13(18-17-12)10-20-11-6-4-3-5-7-11/h2-7H,1,8-10H2,(H,15,19)(H,16,17,18). The number of hydrogen-bond donors (Lipinski definition) is 2. The average Bonchev–Trinajstić information content (AvgIpc) is 2.91. The second kappa shape index (κ2) is 7.08. The smallest absolute Gasteiger partial charge is 0.227 e. The zero-order chi connectivity index (χ0) is 14.2. The van der Waals surface area contributed by atoms with Gasteiger partial charge < -0.3 is 10.1 Å². The van der Waals surface area contributed by atoms with Gasteiger partial charge in [-0.1, -0.05) is 24.3 Å². The third kappa shape index (κ3) is 4.24. The van der Waals surface area contributed by atoms with Crippen molar-refractivity contribution in [2.75, 3.05) is 6.54 Å². The van der Waals surface area contributed by atoms with Gasteiger partial charge in [-0.05, 0) is 12.1 Å². The molecular weight excluding hydrogens is 256 g/mol. The van der Waals surface area contributed by atoms with Crippen molar-refractivity contribution in [3.05, 3.63) is 54.6 Å². The highest BCUT2D eigenvalue weighted by atomic mass is 16.5. The lowest BCUT2D eigenvalue weighted by Gasteiger charge is -2.02. The summed E-state index contributed by atoms with van der Waals surface area (Å²) in [6, 6.07) is 9.43. The van der Waals surface area contributed by atoms with E-state index < -0.39 is 0 Å². The Hall–Kier alpha value is -2.63. The van der Waals surface area contributed by atoms with Gasteiger partial charge in [0.05, 0.1) is 6.42 Å². The third-order valence-electron chi connectivity index (χ3n) is 2.46. The molecule has 20 heavy (non-hydrogen) atoms. The van der Waals surface area contributed by atoms with Gasteiger partial charge in [0.1, 0.15) is 12.4 Å². The van der Waals surface area contributed by atoms with Crippen molar-refractivity contribution in [3.8, 4) is 5.75 Å². The maximum absolute atomic E-state index is 11.5. The molecule has 0 radical (unpaired) electrons. The third-order valence-corrected chi connectivity index (χ3v) is 2.46. The molecule has 1 aromatic heterocycles. The largest absolute Gasteiger partial charge is 0.486 e. The molecule has 1 aromatic carbocycles. The molecule has 1 heterocycles. The summed E-state index contributed by atoms with van der Waals surface area (Å²) < 4.78 is 5.53. The summed E-state index contributed by atoms with van der Waals surface area (Å²) in [7, 11) is 0. The van der Waals surface area contributed by atoms with Crippen LogP contribution in [0.15, 0.2) is 43.0 Å². The fraction of sp³-hybridized carbons (Fsp3) is 0.214. The van der Waals surface area contributed by atoms with Crippen molar-refractivity contribution in [2.24, 2.45) is 0 Å². The minimum atomic E-state index is -0.139. The number of rotatable bonds is 7. The van der Waals surface area contributed by atoms with Crippen LogP contribution in [0.25, 0.3) is 0 Å². The van der Waals surface area contributed by atoms with Gasteiger partial charge in [0.2, 0.25) is 5.91 Å². The lowest BCUT2D eigenvalue weighted by molar-refractivity contribution is -0.120. The molecule has 0 unspecified atom stereocenters. The Morgan fingerprint density at radius 2 is 2.20 bits per heavy atom. The summed E-state index contributed by atoms with van der Waals surface area (Å²) in [6.45, 7) is 4.25. The number of nitrogens with one attached hydrogen (secondary N) is 2. The van der Waals surface area contributed by atoms with Crippen LogP contribution in [0.1, 0.15) is 11.6 Å². The normalized spacial score (nSPS) is 10.0. The first kappa shape index (κ1) is 13.8. The van der Waals surface area contributed by atoms with Crippen LogP contribution in [0.5, 0.6) is 5.75 Å². The Morgan fingerprint density at radius 1 is 1.40 bits per heavy atom. The number of carbonyl (C=O) groups excluding carboxylic acids is 1. The van der Waals surface area contributed by atoms with Gasteiger partial charge in [0, 0.05) is 6.54 Å². The van der Waals surface area contributed by atoms with Gasteiger partial charge in [0.15, 0.2) is 11.6 Å². The van der Waals surface area contributed by atoms with E-state index in [1.54, 1.807) is 6.08 Å². The maximum Gasteiger partial charge on any atom is 0.227 e. The van der Waals surface area contributed by atoms with Gasteiger partial charge in [-0.3, -0.25) is 9.89 Å². The molecule has 0 bridgehead atoms. The summed E-state index contributed by atoms with van der Waals surface area (Å²) >= 11 is 0. The SMILES string of the molecule is C=CCNC(=O)Cc1n[nH]c(COc2ccccc2)n1. The van der Waals surface area contributed by atoms with Crippen molar-refractivity contribution in [1.29, 1.82) is 0 Å². The number of nitrogens with zero attached hydrogens (tertiary/aromatic N) is 2. The predicted octanol–water partition coefficient (Wildman–Crippen LogP) is 1.23. The number of H-pyrrole nitrogens is 1. The zero-order valence-corrected chi connectivity index (χ0v) is 11.0. The maximum atomic E-state index is 11.5. The van der Waals surface area contributed by atoms with E-state index in [1.165, 1.54) is 0 Å². The zero-order valence-electron chi connectivity index (χ0n) is 11.0. The molecule has 0 fully saturated rings. The first-order valence-corrected chi connectivity index (χ1v) is 6.23. The Morgan fingerprint density at radius 3 is 2.95 bits per heavy atom. The quantitative estimate of drug-likeness (QED) is 0.743. The molecule has 0 aliphatic carbocycles. The van der Waals surface area contributed by atoms with E-state index in [9.17, 15) is 4.79 Å². The van der Waals surface area contributed by atoms with Gasteiger partial charge in [-0.15, -0.1) is 6.58 Å². The molecule has 2 N–H and O–H groups in total. The first-order chi connectivity index (χ1) is 9.78. The molecule has 2 rings (SSSR count). The van der Waals surface area contributed by atoms with Crippen LogP contribution < -0.4 is 10.1 Å². The number of aromatic nitrogens is 3. The molecule has 0 saturated carbocycles. The average molecular weight is 272 g/mol. The fourth-order valence-corrected chi connectivity index (χ4v) is 1.54. The first-order valence-electron chi connectivity index (χ1n) is 6.23. The number of para-hydroxylation sites is 1. The van der Waals surface area contributed by atoms with E-state index in [0.717, 1.165) is 5.75 Å². The van der Waals surface area contributed by atoms with Crippen molar-refractivity contribution in [3.63, 3.8) is 0 Å². The Bertz CT molecular complexity index is 566. The summed E-state index contributed by atoms with van der Waals surface area (Å²) in [5, 5.41) is 9.39. The number of ether oxygens (including phenoxy) is 1. The number of aromatic amines is 1. The number of carbonyl (C=O) groups is 1. The molecule has 2 aromatic rings. The van der Waals surface area contributed by atoms with Crippen molar-refractivity contribution >= 4 is 5.91 Å². The van der Waals surface area contributed by atoms with Crippen molar-refractivity contribution < 1.29 is 9.53 Å². The summed E-state index contributed by atoms with van der Waals surface area (Å²) in [4.78, 5) is 15.7. The molecule has 6 nitrogen and oxygen atoms in total.